The Kier molecular flexibility index (Phi) is 3.36. The number of hydrogen-bond donors (Lipinski definition) is 1. The van der Waals surface area contributed by atoms with Crippen molar-refractivity contribution >= 4 is 5.91 Å². The van der Waals surface area contributed by atoms with Crippen LogP contribution in [0, 0.1) is 5.92 Å². The molecule has 1 aromatic rings. The van der Waals surface area contributed by atoms with Crippen LogP contribution in [0.1, 0.15) is 24.0 Å². The fourth-order valence-corrected chi connectivity index (χ4v) is 2.42. The Hall–Kier alpha value is -1.51. The number of phenols is 1. The Morgan fingerprint density at radius 1 is 1.41 bits per heavy atom. The number of aryl methyl sites for hydroxylation is 1. The number of aromatic hydroxyl groups is 1. The maximum absolute atomic E-state index is 11.7. The monoisotopic (exact) mass is 233 g/mol. The smallest absolute Gasteiger partial charge is 0.222 e. The van der Waals surface area contributed by atoms with E-state index in [1.54, 1.807) is 25.1 Å². The Labute approximate surface area is 102 Å². The van der Waals surface area contributed by atoms with Gasteiger partial charge in [0.25, 0.3) is 0 Å². The first-order chi connectivity index (χ1) is 8.06. The van der Waals surface area contributed by atoms with Gasteiger partial charge in [-0.05, 0) is 48.4 Å². The van der Waals surface area contributed by atoms with Crippen LogP contribution in [0.15, 0.2) is 18.2 Å². The Balaban J connectivity index is 2.04. The van der Waals surface area contributed by atoms with E-state index in [1.807, 2.05) is 12.1 Å². The largest absolute Gasteiger partial charge is 0.508 e. The number of phenolic OH excluding ortho intramolecular Hbond substituents is 1. The summed E-state index contributed by atoms with van der Waals surface area (Å²) in [6.45, 7) is 0. The molecule has 0 unspecified atom stereocenters. The first-order valence-electron chi connectivity index (χ1n) is 6.07. The highest BCUT2D eigenvalue weighted by atomic mass is 16.3. The second-order valence-corrected chi connectivity index (χ2v) is 5.05. The van der Waals surface area contributed by atoms with Crippen LogP contribution in [0.5, 0.6) is 5.75 Å². The summed E-state index contributed by atoms with van der Waals surface area (Å²) in [4.78, 5) is 13.3. The zero-order valence-corrected chi connectivity index (χ0v) is 10.4. The SMILES string of the molecule is CN(C)C(=O)C[C@@H]1CCc2cc(O)ccc2C1. The van der Waals surface area contributed by atoms with Crippen molar-refractivity contribution in [2.75, 3.05) is 14.1 Å². The topological polar surface area (TPSA) is 40.5 Å². The van der Waals surface area contributed by atoms with Gasteiger partial charge < -0.3 is 10.0 Å². The molecule has 0 heterocycles. The number of benzene rings is 1. The molecule has 1 aliphatic rings. The van der Waals surface area contributed by atoms with Gasteiger partial charge in [0, 0.05) is 20.5 Å². The van der Waals surface area contributed by atoms with Gasteiger partial charge in [0.15, 0.2) is 0 Å². The molecule has 1 atom stereocenters. The molecule has 17 heavy (non-hydrogen) atoms. The molecule has 0 saturated heterocycles. The highest BCUT2D eigenvalue weighted by Gasteiger charge is 2.21. The summed E-state index contributed by atoms with van der Waals surface area (Å²) in [5.74, 6) is 0.991. The third kappa shape index (κ3) is 2.78. The van der Waals surface area contributed by atoms with Gasteiger partial charge in [-0.25, -0.2) is 0 Å². The molecule has 3 heteroatoms. The van der Waals surface area contributed by atoms with Crippen LogP contribution in [0.4, 0.5) is 0 Å². The molecule has 0 spiro atoms. The van der Waals surface area contributed by atoms with Gasteiger partial charge in [0.2, 0.25) is 5.91 Å². The highest BCUT2D eigenvalue weighted by Crippen LogP contribution is 2.29. The van der Waals surface area contributed by atoms with Crippen LogP contribution in [0.25, 0.3) is 0 Å². The van der Waals surface area contributed by atoms with E-state index in [2.05, 4.69) is 0 Å². The van der Waals surface area contributed by atoms with Crippen molar-refractivity contribution in [1.29, 1.82) is 0 Å². The van der Waals surface area contributed by atoms with E-state index >= 15 is 0 Å². The Morgan fingerprint density at radius 3 is 2.88 bits per heavy atom. The first-order valence-corrected chi connectivity index (χ1v) is 6.07. The molecule has 0 bridgehead atoms. The molecular formula is C14H19NO2. The highest BCUT2D eigenvalue weighted by molar-refractivity contribution is 5.75. The number of rotatable bonds is 2. The molecule has 0 saturated carbocycles. The van der Waals surface area contributed by atoms with Gasteiger partial charge in [0.05, 0.1) is 0 Å². The summed E-state index contributed by atoms with van der Waals surface area (Å²) < 4.78 is 0. The number of nitrogens with zero attached hydrogens (tertiary/aromatic N) is 1. The minimum atomic E-state index is 0.206. The van der Waals surface area contributed by atoms with Crippen LogP contribution in [-0.2, 0) is 17.6 Å². The van der Waals surface area contributed by atoms with Crippen molar-refractivity contribution < 1.29 is 9.90 Å². The van der Waals surface area contributed by atoms with Gasteiger partial charge in [0.1, 0.15) is 5.75 Å². The van der Waals surface area contributed by atoms with Crippen LogP contribution in [-0.4, -0.2) is 30.0 Å². The van der Waals surface area contributed by atoms with Crippen LogP contribution < -0.4 is 0 Å². The van der Waals surface area contributed by atoms with Gasteiger partial charge in [-0.1, -0.05) is 6.07 Å². The van der Waals surface area contributed by atoms with Crippen molar-refractivity contribution in [2.45, 2.75) is 25.7 Å². The number of fused-ring (bicyclic) bond motifs is 1. The zero-order chi connectivity index (χ0) is 12.4. The van der Waals surface area contributed by atoms with Crippen molar-refractivity contribution in [2.24, 2.45) is 5.92 Å². The summed E-state index contributed by atoms with van der Waals surface area (Å²) in [7, 11) is 3.61. The molecule has 1 N–H and O–H groups in total. The van der Waals surface area contributed by atoms with Gasteiger partial charge in [-0.15, -0.1) is 0 Å². The lowest BCUT2D eigenvalue weighted by molar-refractivity contribution is -0.129. The lowest BCUT2D eigenvalue weighted by Crippen LogP contribution is -2.26. The minimum absolute atomic E-state index is 0.206. The summed E-state index contributed by atoms with van der Waals surface area (Å²) in [5, 5.41) is 9.41. The first kappa shape index (κ1) is 12.0. The molecule has 1 aromatic carbocycles. The van der Waals surface area contributed by atoms with Crippen LogP contribution in [0.3, 0.4) is 0 Å². The number of amides is 1. The van der Waals surface area contributed by atoms with Crippen molar-refractivity contribution in [1.82, 2.24) is 4.90 Å². The molecule has 0 aromatic heterocycles. The second kappa shape index (κ2) is 4.78. The van der Waals surface area contributed by atoms with E-state index in [-0.39, 0.29) is 5.91 Å². The van der Waals surface area contributed by atoms with E-state index in [0.29, 0.717) is 18.1 Å². The Morgan fingerprint density at radius 2 is 2.18 bits per heavy atom. The second-order valence-electron chi connectivity index (χ2n) is 5.05. The quantitative estimate of drug-likeness (QED) is 0.848. The van der Waals surface area contributed by atoms with Crippen molar-refractivity contribution in [3.8, 4) is 5.75 Å². The minimum Gasteiger partial charge on any atom is -0.508 e. The van der Waals surface area contributed by atoms with Crippen molar-refractivity contribution in [3.63, 3.8) is 0 Å². The Bertz CT molecular complexity index is 426. The summed E-state index contributed by atoms with van der Waals surface area (Å²) in [5.41, 5.74) is 2.52. The maximum Gasteiger partial charge on any atom is 0.222 e. The van der Waals surface area contributed by atoms with Crippen LogP contribution in [0.2, 0.25) is 0 Å². The lowest BCUT2D eigenvalue weighted by atomic mass is 9.82. The number of carbonyl (C=O) groups excluding carboxylic acids is 1. The molecule has 0 radical (unpaired) electrons. The standard InChI is InChI=1S/C14H19NO2/c1-15(2)14(17)8-10-3-4-12-9-13(16)6-5-11(12)7-10/h5-6,9-10,16H,3-4,7-8H2,1-2H3/t10-/m1/s1. The molecule has 3 nitrogen and oxygen atoms in total. The predicted molar refractivity (Wildman–Crippen MR) is 66.9 cm³/mol. The average Bonchev–Trinajstić information content (AvgIpc) is 2.29. The summed E-state index contributed by atoms with van der Waals surface area (Å²) in [6, 6.07) is 5.56. The maximum atomic E-state index is 11.7. The fraction of sp³-hybridized carbons (Fsp3) is 0.500. The van der Waals surface area contributed by atoms with Gasteiger partial charge >= 0.3 is 0 Å². The summed E-state index contributed by atoms with van der Waals surface area (Å²) in [6.07, 6.45) is 3.59. The molecule has 0 aliphatic heterocycles. The lowest BCUT2D eigenvalue weighted by Gasteiger charge is -2.25. The molecular weight excluding hydrogens is 214 g/mol. The normalized spacial score (nSPS) is 18.6. The summed E-state index contributed by atoms with van der Waals surface area (Å²) >= 11 is 0. The third-order valence-corrected chi connectivity index (χ3v) is 3.48. The fourth-order valence-electron chi connectivity index (χ4n) is 2.42. The van der Waals surface area contributed by atoms with Crippen molar-refractivity contribution in [3.05, 3.63) is 29.3 Å². The molecule has 1 amide bonds. The third-order valence-electron chi connectivity index (χ3n) is 3.48. The van der Waals surface area contributed by atoms with E-state index < -0.39 is 0 Å². The molecule has 92 valence electrons. The van der Waals surface area contributed by atoms with E-state index in [0.717, 1.165) is 19.3 Å². The van der Waals surface area contributed by atoms with E-state index in [1.165, 1.54) is 11.1 Å². The van der Waals surface area contributed by atoms with E-state index in [9.17, 15) is 9.90 Å². The van der Waals surface area contributed by atoms with Gasteiger partial charge in [-0.3, -0.25) is 4.79 Å². The molecule has 0 fully saturated rings. The average molecular weight is 233 g/mol. The molecule has 2 rings (SSSR count). The number of carbonyl (C=O) groups is 1. The van der Waals surface area contributed by atoms with Gasteiger partial charge in [-0.2, -0.15) is 0 Å². The number of hydrogen-bond acceptors (Lipinski definition) is 2. The van der Waals surface area contributed by atoms with Crippen LogP contribution >= 0.6 is 0 Å². The molecule has 1 aliphatic carbocycles. The predicted octanol–water partition coefficient (Wildman–Crippen LogP) is 1.98. The zero-order valence-electron chi connectivity index (χ0n) is 10.4. The van der Waals surface area contributed by atoms with E-state index in [4.69, 9.17) is 0 Å².